The van der Waals surface area contributed by atoms with E-state index in [9.17, 15) is 0 Å². The van der Waals surface area contributed by atoms with E-state index in [0.29, 0.717) is 0 Å². The van der Waals surface area contributed by atoms with Crippen molar-refractivity contribution in [3.05, 3.63) is 57.3 Å². The Kier molecular flexibility index (Phi) is 4.56. The number of rotatable bonds is 5. The van der Waals surface area contributed by atoms with E-state index in [-0.39, 0.29) is 6.04 Å². The van der Waals surface area contributed by atoms with Crippen molar-refractivity contribution in [2.45, 2.75) is 39.2 Å². The van der Waals surface area contributed by atoms with Crippen LogP contribution in [0, 0.1) is 6.92 Å². The fourth-order valence-corrected chi connectivity index (χ4v) is 3.08. The third-order valence-corrected chi connectivity index (χ3v) is 4.44. The molecular formula is C16H21NS. The standard InChI is InChI=1S/C16H21NS/c1-3-4-5-13-6-8-14(9-7-13)15(17)16-12(2)10-11-18-16/h6-11,15H,3-5,17H2,1-2H3. The molecule has 0 fully saturated rings. The van der Waals surface area contributed by atoms with Gasteiger partial charge in [0.2, 0.25) is 0 Å². The van der Waals surface area contributed by atoms with Gasteiger partial charge in [0.15, 0.2) is 0 Å². The van der Waals surface area contributed by atoms with Crippen molar-refractivity contribution in [1.29, 1.82) is 0 Å². The quantitative estimate of drug-likeness (QED) is 0.843. The Morgan fingerprint density at radius 1 is 1.17 bits per heavy atom. The highest BCUT2D eigenvalue weighted by Crippen LogP contribution is 2.27. The molecule has 0 spiro atoms. The van der Waals surface area contributed by atoms with E-state index >= 15 is 0 Å². The summed E-state index contributed by atoms with van der Waals surface area (Å²) in [4.78, 5) is 1.27. The number of benzene rings is 1. The van der Waals surface area contributed by atoms with Gasteiger partial charge in [0, 0.05) is 4.88 Å². The third-order valence-electron chi connectivity index (χ3n) is 3.34. The maximum Gasteiger partial charge on any atom is 0.0648 e. The summed E-state index contributed by atoms with van der Waals surface area (Å²) < 4.78 is 0. The summed E-state index contributed by atoms with van der Waals surface area (Å²) >= 11 is 1.75. The predicted octanol–water partition coefficient (Wildman–Crippen LogP) is 4.45. The SMILES string of the molecule is CCCCc1ccc(C(N)c2sccc2C)cc1. The topological polar surface area (TPSA) is 26.0 Å². The van der Waals surface area contributed by atoms with Gasteiger partial charge in [-0.05, 0) is 47.9 Å². The minimum absolute atomic E-state index is 0.0187. The first kappa shape index (κ1) is 13.3. The molecule has 0 radical (unpaired) electrons. The molecule has 0 aliphatic carbocycles. The first-order valence-corrected chi connectivity index (χ1v) is 7.48. The molecule has 1 aromatic heterocycles. The minimum atomic E-state index is 0.0187. The highest BCUT2D eigenvalue weighted by molar-refractivity contribution is 7.10. The third kappa shape index (κ3) is 3.01. The molecule has 0 aliphatic rings. The summed E-state index contributed by atoms with van der Waals surface area (Å²) in [5, 5.41) is 2.11. The molecule has 0 saturated heterocycles. The molecule has 2 N–H and O–H groups in total. The minimum Gasteiger partial charge on any atom is -0.320 e. The summed E-state index contributed by atoms with van der Waals surface area (Å²) in [7, 11) is 0. The fourth-order valence-electron chi connectivity index (χ4n) is 2.13. The van der Waals surface area contributed by atoms with Crippen molar-refractivity contribution in [3.63, 3.8) is 0 Å². The first-order valence-electron chi connectivity index (χ1n) is 6.60. The van der Waals surface area contributed by atoms with Gasteiger partial charge in [-0.25, -0.2) is 0 Å². The lowest BCUT2D eigenvalue weighted by molar-refractivity contribution is 0.793. The monoisotopic (exact) mass is 259 g/mol. The number of aryl methyl sites for hydroxylation is 2. The van der Waals surface area contributed by atoms with E-state index in [1.54, 1.807) is 11.3 Å². The summed E-state index contributed by atoms with van der Waals surface area (Å²) in [6, 6.07) is 10.9. The molecule has 0 saturated carbocycles. The molecule has 1 atom stereocenters. The van der Waals surface area contributed by atoms with E-state index in [4.69, 9.17) is 5.73 Å². The van der Waals surface area contributed by atoms with Gasteiger partial charge in [-0.3, -0.25) is 0 Å². The van der Waals surface area contributed by atoms with Gasteiger partial charge < -0.3 is 5.73 Å². The molecule has 0 amide bonds. The molecule has 2 rings (SSSR count). The van der Waals surface area contributed by atoms with Crippen LogP contribution in [0.2, 0.25) is 0 Å². The molecule has 1 unspecified atom stereocenters. The van der Waals surface area contributed by atoms with Crippen LogP contribution >= 0.6 is 11.3 Å². The molecule has 2 aromatic rings. The van der Waals surface area contributed by atoms with Crippen molar-refractivity contribution < 1.29 is 0 Å². The van der Waals surface area contributed by atoms with E-state index < -0.39 is 0 Å². The van der Waals surface area contributed by atoms with Gasteiger partial charge in [-0.15, -0.1) is 11.3 Å². The summed E-state index contributed by atoms with van der Waals surface area (Å²) in [5.41, 5.74) is 10.2. The molecule has 0 aliphatic heterocycles. The van der Waals surface area contributed by atoms with Gasteiger partial charge in [0.25, 0.3) is 0 Å². The molecular weight excluding hydrogens is 238 g/mol. The van der Waals surface area contributed by atoms with Gasteiger partial charge in [0.05, 0.1) is 6.04 Å². The maximum absolute atomic E-state index is 6.32. The van der Waals surface area contributed by atoms with Gasteiger partial charge in [0.1, 0.15) is 0 Å². The molecule has 2 heteroatoms. The van der Waals surface area contributed by atoms with Crippen molar-refractivity contribution in [1.82, 2.24) is 0 Å². The van der Waals surface area contributed by atoms with Gasteiger partial charge in [-0.2, -0.15) is 0 Å². The lowest BCUT2D eigenvalue weighted by atomic mass is 10.0. The van der Waals surface area contributed by atoms with Crippen LogP contribution in [0.15, 0.2) is 35.7 Å². The van der Waals surface area contributed by atoms with Crippen molar-refractivity contribution in [3.8, 4) is 0 Å². The second-order valence-electron chi connectivity index (χ2n) is 4.79. The van der Waals surface area contributed by atoms with Gasteiger partial charge in [-0.1, -0.05) is 37.6 Å². The molecule has 0 bridgehead atoms. The van der Waals surface area contributed by atoms with Crippen molar-refractivity contribution in [2.75, 3.05) is 0 Å². The zero-order valence-electron chi connectivity index (χ0n) is 11.1. The number of hydrogen-bond donors (Lipinski definition) is 1. The fraction of sp³-hybridized carbons (Fsp3) is 0.375. The van der Waals surface area contributed by atoms with E-state index in [0.717, 1.165) is 0 Å². The predicted molar refractivity (Wildman–Crippen MR) is 80.1 cm³/mol. The summed E-state index contributed by atoms with van der Waals surface area (Å²) in [6.07, 6.45) is 3.68. The second-order valence-corrected chi connectivity index (χ2v) is 5.74. The average Bonchev–Trinajstić information content (AvgIpc) is 2.82. The van der Waals surface area contributed by atoms with Crippen LogP contribution in [0.25, 0.3) is 0 Å². The molecule has 96 valence electrons. The van der Waals surface area contributed by atoms with Crippen LogP contribution in [0.4, 0.5) is 0 Å². The van der Waals surface area contributed by atoms with Crippen LogP contribution in [-0.4, -0.2) is 0 Å². The van der Waals surface area contributed by atoms with Crippen molar-refractivity contribution >= 4 is 11.3 Å². The van der Waals surface area contributed by atoms with Crippen LogP contribution < -0.4 is 5.73 Å². The lowest BCUT2D eigenvalue weighted by Crippen LogP contribution is -2.11. The smallest absolute Gasteiger partial charge is 0.0648 e. The Morgan fingerprint density at radius 3 is 2.44 bits per heavy atom. The van der Waals surface area contributed by atoms with Crippen molar-refractivity contribution in [2.24, 2.45) is 5.73 Å². The number of unbranched alkanes of at least 4 members (excludes halogenated alkanes) is 1. The largest absolute Gasteiger partial charge is 0.320 e. The summed E-state index contributed by atoms with van der Waals surface area (Å²) in [6.45, 7) is 4.35. The Bertz CT molecular complexity index is 484. The van der Waals surface area contributed by atoms with E-state index in [1.165, 1.54) is 40.8 Å². The molecule has 1 nitrogen and oxygen atoms in total. The Balaban J connectivity index is 2.12. The molecule has 18 heavy (non-hydrogen) atoms. The lowest BCUT2D eigenvalue weighted by Gasteiger charge is -2.12. The molecule has 1 aromatic carbocycles. The highest BCUT2D eigenvalue weighted by Gasteiger charge is 2.12. The Hall–Kier alpha value is -1.12. The van der Waals surface area contributed by atoms with Crippen LogP contribution in [0.3, 0.4) is 0 Å². The first-order chi connectivity index (χ1) is 8.72. The zero-order chi connectivity index (χ0) is 13.0. The van der Waals surface area contributed by atoms with Crippen LogP contribution in [0.5, 0.6) is 0 Å². The molecule has 1 heterocycles. The maximum atomic E-state index is 6.32. The van der Waals surface area contributed by atoms with Crippen LogP contribution in [-0.2, 0) is 6.42 Å². The Labute approximate surface area is 114 Å². The van der Waals surface area contributed by atoms with E-state index in [1.807, 2.05) is 0 Å². The van der Waals surface area contributed by atoms with E-state index in [2.05, 4.69) is 49.6 Å². The van der Waals surface area contributed by atoms with Gasteiger partial charge >= 0.3 is 0 Å². The number of nitrogens with two attached hydrogens (primary N) is 1. The highest BCUT2D eigenvalue weighted by atomic mass is 32.1. The second kappa shape index (κ2) is 6.17. The zero-order valence-corrected chi connectivity index (χ0v) is 12.0. The Morgan fingerprint density at radius 2 is 1.89 bits per heavy atom. The average molecular weight is 259 g/mol. The van der Waals surface area contributed by atoms with Crippen LogP contribution in [0.1, 0.15) is 47.4 Å². The normalized spacial score (nSPS) is 12.6. The number of hydrogen-bond acceptors (Lipinski definition) is 2. The summed E-state index contributed by atoms with van der Waals surface area (Å²) in [5.74, 6) is 0. The number of thiophene rings is 1.